The van der Waals surface area contributed by atoms with Gasteiger partial charge < -0.3 is 14.2 Å². The number of furan rings is 1. The van der Waals surface area contributed by atoms with Crippen LogP contribution in [0.5, 0.6) is 0 Å². The van der Waals surface area contributed by atoms with Crippen LogP contribution < -0.4 is 0 Å². The summed E-state index contributed by atoms with van der Waals surface area (Å²) in [4.78, 5) is 16.5. The van der Waals surface area contributed by atoms with Gasteiger partial charge in [0.2, 0.25) is 0 Å². The molecule has 4 nitrogen and oxygen atoms in total. The van der Waals surface area contributed by atoms with E-state index in [1.165, 1.54) is 0 Å². The first-order valence-corrected chi connectivity index (χ1v) is 7.47. The van der Waals surface area contributed by atoms with Crippen LogP contribution >= 0.6 is 15.9 Å². The second-order valence-electron chi connectivity index (χ2n) is 4.59. The number of rotatable bonds is 3. The third kappa shape index (κ3) is 3.36. The first kappa shape index (κ1) is 13.6. The van der Waals surface area contributed by atoms with Crippen molar-refractivity contribution in [2.75, 3.05) is 38.1 Å². The van der Waals surface area contributed by atoms with Gasteiger partial charge in [-0.25, -0.2) is 0 Å². The van der Waals surface area contributed by atoms with E-state index in [0.29, 0.717) is 5.76 Å². The molecule has 1 aliphatic heterocycles. The molecular weight excluding hydrogens is 296 g/mol. The molecule has 1 saturated heterocycles. The zero-order valence-electron chi connectivity index (χ0n) is 10.7. The highest BCUT2D eigenvalue weighted by Gasteiger charge is 2.21. The van der Waals surface area contributed by atoms with Gasteiger partial charge in [-0.15, -0.1) is 0 Å². The van der Waals surface area contributed by atoms with Gasteiger partial charge in [0, 0.05) is 31.5 Å². The highest BCUT2D eigenvalue weighted by molar-refractivity contribution is 9.09. The summed E-state index contributed by atoms with van der Waals surface area (Å²) >= 11 is 3.46. The smallest absolute Gasteiger partial charge is 0.289 e. The summed E-state index contributed by atoms with van der Waals surface area (Å²) in [5.41, 5.74) is 0. The van der Waals surface area contributed by atoms with E-state index in [1.54, 1.807) is 6.07 Å². The van der Waals surface area contributed by atoms with Crippen molar-refractivity contribution >= 4 is 21.8 Å². The standard InChI is InChI=1S/C13H19BrN2O2/c1-11-3-4-12(18-11)13(17)16-7-2-6-15(8-5-14)9-10-16/h3-4H,2,5-10H2,1H3. The number of alkyl halides is 1. The zero-order chi connectivity index (χ0) is 13.0. The number of carbonyl (C=O) groups excluding carboxylic acids is 1. The first-order valence-electron chi connectivity index (χ1n) is 6.35. The molecule has 0 radical (unpaired) electrons. The Morgan fingerprint density at radius 2 is 2.17 bits per heavy atom. The molecule has 0 bridgehead atoms. The molecule has 0 aliphatic carbocycles. The number of hydrogen-bond acceptors (Lipinski definition) is 3. The number of nitrogens with zero attached hydrogens (tertiary/aromatic N) is 2. The Hall–Kier alpha value is -0.810. The van der Waals surface area contributed by atoms with Gasteiger partial charge in [-0.2, -0.15) is 0 Å². The van der Waals surface area contributed by atoms with Crippen molar-refractivity contribution in [3.63, 3.8) is 0 Å². The van der Waals surface area contributed by atoms with Crippen molar-refractivity contribution in [2.24, 2.45) is 0 Å². The fourth-order valence-electron chi connectivity index (χ4n) is 2.22. The maximum atomic E-state index is 12.2. The van der Waals surface area contributed by atoms with Crippen LogP contribution in [0.15, 0.2) is 16.5 Å². The van der Waals surface area contributed by atoms with Crippen molar-refractivity contribution in [3.05, 3.63) is 23.7 Å². The van der Waals surface area contributed by atoms with Crippen molar-refractivity contribution in [1.29, 1.82) is 0 Å². The quantitative estimate of drug-likeness (QED) is 0.802. The molecule has 100 valence electrons. The molecule has 0 atom stereocenters. The monoisotopic (exact) mass is 314 g/mol. The van der Waals surface area contributed by atoms with Crippen molar-refractivity contribution in [1.82, 2.24) is 9.80 Å². The minimum Gasteiger partial charge on any atom is -0.456 e. The molecule has 2 heterocycles. The third-order valence-corrected chi connectivity index (χ3v) is 3.58. The van der Waals surface area contributed by atoms with Crippen LogP contribution in [-0.4, -0.2) is 53.8 Å². The lowest BCUT2D eigenvalue weighted by Gasteiger charge is -2.20. The molecule has 1 fully saturated rings. The fraction of sp³-hybridized carbons (Fsp3) is 0.615. The van der Waals surface area contributed by atoms with Gasteiger partial charge in [-0.3, -0.25) is 4.79 Å². The van der Waals surface area contributed by atoms with Crippen LogP contribution in [-0.2, 0) is 0 Å². The van der Waals surface area contributed by atoms with Gasteiger partial charge in [0.1, 0.15) is 5.76 Å². The van der Waals surface area contributed by atoms with Crippen LogP contribution in [0.1, 0.15) is 22.7 Å². The van der Waals surface area contributed by atoms with Crippen molar-refractivity contribution in [2.45, 2.75) is 13.3 Å². The van der Waals surface area contributed by atoms with Gasteiger partial charge in [-0.05, 0) is 32.0 Å². The predicted octanol–water partition coefficient (Wildman–Crippen LogP) is 2.13. The van der Waals surface area contributed by atoms with Gasteiger partial charge in [0.05, 0.1) is 0 Å². The van der Waals surface area contributed by atoms with E-state index in [2.05, 4.69) is 20.8 Å². The van der Waals surface area contributed by atoms with Crippen LogP contribution in [0.3, 0.4) is 0 Å². The number of halogens is 1. The SMILES string of the molecule is Cc1ccc(C(=O)N2CCCN(CCBr)CC2)o1. The molecule has 0 aromatic carbocycles. The van der Waals surface area contributed by atoms with Gasteiger partial charge in [-0.1, -0.05) is 15.9 Å². The predicted molar refractivity (Wildman–Crippen MR) is 74.2 cm³/mol. The van der Waals surface area contributed by atoms with Crippen molar-refractivity contribution < 1.29 is 9.21 Å². The maximum Gasteiger partial charge on any atom is 0.289 e. The lowest BCUT2D eigenvalue weighted by molar-refractivity contribution is 0.0728. The van der Waals surface area contributed by atoms with Crippen LogP contribution in [0.2, 0.25) is 0 Å². The topological polar surface area (TPSA) is 36.7 Å². The molecule has 0 spiro atoms. The molecule has 0 N–H and O–H groups in total. The van der Waals surface area contributed by atoms with E-state index in [4.69, 9.17) is 4.42 Å². The highest BCUT2D eigenvalue weighted by atomic mass is 79.9. The lowest BCUT2D eigenvalue weighted by Crippen LogP contribution is -2.35. The molecule has 1 amide bonds. The number of carbonyl (C=O) groups is 1. The van der Waals surface area contributed by atoms with Gasteiger partial charge in [0.15, 0.2) is 5.76 Å². The highest BCUT2D eigenvalue weighted by Crippen LogP contribution is 2.12. The molecule has 0 unspecified atom stereocenters. The van der Waals surface area contributed by atoms with E-state index in [0.717, 1.165) is 50.2 Å². The second kappa shape index (κ2) is 6.38. The summed E-state index contributed by atoms with van der Waals surface area (Å²) in [7, 11) is 0. The normalized spacial score (nSPS) is 17.8. The average molecular weight is 315 g/mol. The van der Waals surface area contributed by atoms with E-state index in [9.17, 15) is 4.79 Å². The van der Waals surface area contributed by atoms with Crippen LogP contribution in [0.25, 0.3) is 0 Å². The molecule has 2 rings (SSSR count). The summed E-state index contributed by atoms with van der Waals surface area (Å²) in [6.45, 7) is 6.51. The molecule has 0 saturated carbocycles. The molecule has 1 aromatic rings. The average Bonchev–Trinajstić information content (AvgIpc) is 2.65. The summed E-state index contributed by atoms with van der Waals surface area (Å²) in [5.74, 6) is 1.26. The number of amides is 1. The Labute approximate surface area is 116 Å². The largest absolute Gasteiger partial charge is 0.456 e. The molecule has 18 heavy (non-hydrogen) atoms. The van der Waals surface area contributed by atoms with Gasteiger partial charge >= 0.3 is 0 Å². The van der Waals surface area contributed by atoms with Crippen molar-refractivity contribution in [3.8, 4) is 0 Å². The van der Waals surface area contributed by atoms with Crippen LogP contribution in [0.4, 0.5) is 0 Å². The first-order chi connectivity index (χ1) is 8.70. The Bertz CT molecular complexity index is 405. The molecule has 1 aromatic heterocycles. The molecule has 5 heteroatoms. The van der Waals surface area contributed by atoms with Gasteiger partial charge in [0.25, 0.3) is 5.91 Å². The second-order valence-corrected chi connectivity index (χ2v) is 5.38. The number of hydrogen-bond donors (Lipinski definition) is 0. The Morgan fingerprint density at radius 3 is 2.83 bits per heavy atom. The summed E-state index contributed by atoms with van der Waals surface area (Å²) in [6.07, 6.45) is 1.03. The van der Waals surface area contributed by atoms with E-state index in [1.807, 2.05) is 17.9 Å². The molecule has 1 aliphatic rings. The fourth-order valence-corrected chi connectivity index (χ4v) is 2.72. The van der Waals surface area contributed by atoms with E-state index in [-0.39, 0.29) is 5.91 Å². The third-order valence-electron chi connectivity index (χ3n) is 3.23. The summed E-state index contributed by atoms with van der Waals surface area (Å²) in [5, 5.41) is 0.984. The Balaban J connectivity index is 1.95. The Morgan fingerprint density at radius 1 is 1.33 bits per heavy atom. The number of aryl methyl sites for hydroxylation is 1. The van der Waals surface area contributed by atoms with E-state index >= 15 is 0 Å². The maximum absolute atomic E-state index is 12.2. The lowest BCUT2D eigenvalue weighted by atomic mass is 10.3. The zero-order valence-corrected chi connectivity index (χ0v) is 12.3. The minimum atomic E-state index is 0.0174. The Kier molecular flexibility index (Phi) is 4.83. The van der Waals surface area contributed by atoms with Crippen LogP contribution in [0, 0.1) is 6.92 Å². The molecular formula is C13H19BrN2O2. The summed E-state index contributed by atoms with van der Waals surface area (Å²) in [6, 6.07) is 3.60. The summed E-state index contributed by atoms with van der Waals surface area (Å²) < 4.78 is 5.40. The van der Waals surface area contributed by atoms with E-state index < -0.39 is 0 Å². The minimum absolute atomic E-state index is 0.0174.